The largest absolute Gasteiger partial charge is 0.466 e. The first-order valence-corrected chi connectivity index (χ1v) is 10.9. The van der Waals surface area contributed by atoms with Gasteiger partial charge in [-0.1, -0.05) is 11.8 Å². The molecule has 0 aliphatic carbocycles. The summed E-state index contributed by atoms with van der Waals surface area (Å²) in [5.41, 5.74) is 2.16. The van der Waals surface area contributed by atoms with Crippen LogP contribution in [0, 0.1) is 10.1 Å². The number of carbonyl (C=O) groups is 2. The van der Waals surface area contributed by atoms with E-state index in [1.165, 1.54) is 31.0 Å². The van der Waals surface area contributed by atoms with Crippen LogP contribution in [0.5, 0.6) is 0 Å². The molecular weight excluding hydrogens is 436 g/mol. The second-order valence-electron chi connectivity index (χ2n) is 7.40. The van der Waals surface area contributed by atoms with Crippen LogP contribution in [0.3, 0.4) is 0 Å². The summed E-state index contributed by atoms with van der Waals surface area (Å²) < 4.78 is 10.3. The number of morpholine rings is 1. The minimum Gasteiger partial charge on any atom is -0.466 e. The number of hydrogen-bond donors (Lipinski definition) is 0. The van der Waals surface area contributed by atoms with E-state index >= 15 is 0 Å². The number of nitro groups is 1. The second kappa shape index (κ2) is 9.13. The van der Waals surface area contributed by atoms with Crippen molar-refractivity contribution in [1.29, 1.82) is 0 Å². The summed E-state index contributed by atoms with van der Waals surface area (Å²) in [5, 5.41) is 13.6. The van der Waals surface area contributed by atoms with Gasteiger partial charge in [0.05, 0.1) is 49.0 Å². The molecule has 32 heavy (non-hydrogen) atoms. The molecule has 1 atom stereocenters. The Morgan fingerprint density at radius 2 is 1.97 bits per heavy atom. The molecule has 0 saturated carbocycles. The van der Waals surface area contributed by atoms with Crippen LogP contribution in [0.25, 0.3) is 0 Å². The molecule has 10 nitrogen and oxygen atoms in total. The first-order valence-electron chi connectivity index (χ1n) is 10.0. The molecule has 11 heteroatoms. The first-order chi connectivity index (χ1) is 15.4. The lowest BCUT2D eigenvalue weighted by atomic mass is 9.93. The highest BCUT2D eigenvalue weighted by Crippen LogP contribution is 2.45. The van der Waals surface area contributed by atoms with Crippen molar-refractivity contribution < 1.29 is 24.0 Å². The number of aliphatic imine (C=N–C) groups is 1. The number of esters is 1. The number of ether oxygens (including phenoxy) is 2. The molecule has 3 aliphatic heterocycles. The quantitative estimate of drug-likeness (QED) is 0.376. The number of fused-ring (bicyclic) bond motifs is 1. The summed E-state index contributed by atoms with van der Waals surface area (Å²) in [7, 11) is 1.30. The summed E-state index contributed by atoms with van der Waals surface area (Å²) in [6, 6.07) is 5.42. The van der Waals surface area contributed by atoms with E-state index in [1.807, 2.05) is 10.3 Å². The third kappa shape index (κ3) is 4.13. The highest BCUT2D eigenvalue weighted by molar-refractivity contribution is 8.16. The summed E-state index contributed by atoms with van der Waals surface area (Å²) in [5.74, 6) is -0.570. The number of allylic oxidation sites excluding steroid dienone is 1. The fourth-order valence-electron chi connectivity index (χ4n) is 3.91. The lowest BCUT2D eigenvalue weighted by Crippen LogP contribution is -2.42. The van der Waals surface area contributed by atoms with Crippen molar-refractivity contribution in [2.45, 2.75) is 19.4 Å². The van der Waals surface area contributed by atoms with Crippen molar-refractivity contribution >= 4 is 34.5 Å². The maximum atomic E-state index is 12.9. The van der Waals surface area contributed by atoms with E-state index in [1.54, 1.807) is 24.0 Å². The van der Waals surface area contributed by atoms with Crippen LogP contribution in [0.4, 0.5) is 5.69 Å². The summed E-state index contributed by atoms with van der Waals surface area (Å²) in [4.78, 5) is 44.4. The fraction of sp³-hybridized carbons (Fsp3) is 0.381. The molecule has 0 N–H and O–H groups in total. The number of amides is 1. The number of rotatable bonds is 5. The Hall–Kier alpha value is -3.18. The molecule has 1 aromatic carbocycles. The molecule has 1 aromatic rings. The zero-order chi connectivity index (χ0) is 22.8. The van der Waals surface area contributed by atoms with Crippen molar-refractivity contribution in [3.05, 3.63) is 62.3 Å². The molecule has 1 saturated heterocycles. The molecule has 3 aliphatic rings. The fourth-order valence-corrected chi connectivity index (χ4v) is 4.88. The number of non-ortho nitro benzene ring substituents is 1. The van der Waals surface area contributed by atoms with Gasteiger partial charge in [0.25, 0.3) is 5.69 Å². The first kappa shape index (κ1) is 22.0. The summed E-state index contributed by atoms with van der Waals surface area (Å²) >= 11 is 1.38. The highest BCUT2D eigenvalue weighted by Gasteiger charge is 2.41. The predicted octanol–water partition coefficient (Wildman–Crippen LogP) is 2.59. The van der Waals surface area contributed by atoms with Crippen LogP contribution < -0.4 is 0 Å². The molecule has 0 spiro atoms. The summed E-state index contributed by atoms with van der Waals surface area (Å²) in [6.45, 7) is 3.83. The Labute approximate surface area is 188 Å². The number of hydrogen-bond acceptors (Lipinski definition) is 9. The molecule has 0 bridgehead atoms. The van der Waals surface area contributed by atoms with Crippen molar-refractivity contribution in [2.24, 2.45) is 4.99 Å². The molecule has 1 fully saturated rings. The highest BCUT2D eigenvalue weighted by atomic mass is 32.2. The normalized spacial score (nSPS) is 20.5. The van der Waals surface area contributed by atoms with Gasteiger partial charge in [-0.2, -0.15) is 0 Å². The van der Waals surface area contributed by atoms with E-state index in [0.29, 0.717) is 54.0 Å². The Bertz CT molecular complexity index is 1040. The van der Waals surface area contributed by atoms with Crippen LogP contribution in [-0.4, -0.2) is 65.2 Å². The monoisotopic (exact) mass is 458 g/mol. The van der Waals surface area contributed by atoms with Crippen molar-refractivity contribution in [2.75, 3.05) is 33.4 Å². The van der Waals surface area contributed by atoms with Crippen LogP contribution in [0.15, 0.2) is 51.6 Å². The van der Waals surface area contributed by atoms with Gasteiger partial charge >= 0.3 is 5.97 Å². The Balaban J connectivity index is 1.69. The third-order valence-corrected chi connectivity index (χ3v) is 6.41. The van der Waals surface area contributed by atoms with Gasteiger partial charge in [0.1, 0.15) is 0 Å². The van der Waals surface area contributed by atoms with Crippen LogP contribution in [0.2, 0.25) is 0 Å². The van der Waals surface area contributed by atoms with E-state index in [4.69, 9.17) is 9.47 Å². The van der Waals surface area contributed by atoms with Gasteiger partial charge in [-0.15, -0.1) is 0 Å². The smallest absolute Gasteiger partial charge is 0.338 e. The zero-order valence-electron chi connectivity index (χ0n) is 17.6. The Morgan fingerprint density at radius 1 is 1.28 bits per heavy atom. The number of amidine groups is 1. The molecule has 0 radical (unpaired) electrons. The Kier molecular flexibility index (Phi) is 6.28. The number of carbonyl (C=O) groups excluding carboxylic acids is 2. The van der Waals surface area contributed by atoms with Gasteiger partial charge in [-0.05, 0) is 30.0 Å². The van der Waals surface area contributed by atoms with Gasteiger partial charge in [-0.25, -0.2) is 9.79 Å². The molecule has 168 valence electrons. The Morgan fingerprint density at radius 3 is 2.59 bits per heavy atom. The predicted molar refractivity (Wildman–Crippen MR) is 118 cm³/mol. The molecule has 4 rings (SSSR count). The van der Waals surface area contributed by atoms with Crippen LogP contribution >= 0.6 is 11.8 Å². The maximum absolute atomic E-state index is 12.9. The maximum Gasteiger partial charge on any atom is 0.338 e. The number of nitro benzene ring substituents is 1. The van der Waals surface area contributed by atoms with E-state index in [2.05, 4.69) is 4.99 Å². The van der Waals surface area contributed by atoms with Gasteiger partial charge in [0.15, 0.2) is 5.17 Å². The average Bonchev–Trinajstić information content (AvgIpc) is 3.20. The molecular formula is C21H22N4O6S. The van der Waals surface area contributed by atoms with Crippen LogP contribution in [0.1, 0.15) is 24.9 Å². The number of methoxy groups -OCH3 is 1. The van der Waals surface area contributed by atoms with Crippen LogP contribution in [-0.2, 0) is 19.1 Å². The molecule has 1 amide bonds. The van der Waals surface area contributed by atoms with Crippen molar-refractivity contribution in [1.82, 2.24) is 9.80 Å². The lowest BCUT2D eigenvalue weighted by Gasteiger charge is -2.36. The number of nitrogens with zero attached hydrogens (tertiary/aromatic N) is 4. The van der Waals surface area contributed by atoms with Gasteiger partial charge in [-0.3, -0.25) is 14.9 Å². The summed E-state index contributed by atoms with van der Waals surface area (Å²) in [6.07, 6.45) is 0.142. The van der Waals surface area contributed by atoms with Crippen molar-refractivity contribution in [3.8, 4) is 0 Å². The van der Waals surface area contributed by atoms with Gasteiger partial charge in [0.2, 0.25) is 5.91 Å². The van der Waals surface area contributed by atoms with E-state index in [9.17, 15) is 19.7 Å². The molecule has 0 unspecified atom stereocenters. The van der Waals surface area contributed by atoms with E-state index < -0.39 is 16.9 Å². The van der Waals surface area contributed by atoms with E-state index in [0.717, 1.165) is 0 Å². The van der Waals surface area contributed by atoms with Crippen molar-refractivity contribution in [3.63, 3.8) is 0 Å². The average molecular weight is 458 g/mol. The zero-order valence-corrected chi connectivity index (χ0v) is 18.5. The number of benzene rings is 1. The van der Waals surface area contributed by atoms with Gasteiger partial charge in [0, 0.05) is 30.9 Å². The lowest BCUT2D eigenvalue weighted by molar-refractivity contribution is -0.384. The number of thioether (sulfide) groups is 1. The van der Waals surface area contributed by atoms with E-state index in [-0.39, 0.29) is 18.0 Å². The minimum atomic E-state index is -0.616. The SMILES string of the molecule is COC(=O)C1=C(C)N=C2SC=C(CC(=O)N3CCOCC3)N2[C@@H]1c1ccc([N+](=O)[O-])cc1. The molecule has 0 aromatic heterocycles. The topological polar surface area (TPSA) is 115 Å². The van der Waals surface area contributed by atoms with Gasteiger partial charge < -0.3 is 19.3 Å². The standard InChI is InChI=1S/C21H22N4O6S/c1-13-18(20(27)30-2)19(14-3-5-15(6-4-14)25(28)29)24-16(12-32-21(24)22-13)11-17(26)23-7-9-31-10-8-23/h3-6,12,19H,7-11H2,1-2H3/t19-/m1/s1. The third-order valence-electron chi connectivity index (χ3n) is 5.52. The molecule has 3 heterocycles. The second-order valence-corrected chi connectivity index (χ2v) is 8.24. The minimum absolute atomic E-state index is 0.0326.